The average molecular weight is 206 g/mol. The van der Waals surface area contributed by atoms with Crippen LogP contribution in [0.4, 0.5) is 0 Å². The summed E-state index contributed by atoms with van der Waals surface area (Å²) in [6.07, 6.45) is 7.04. The molecule has 0 radical (unpaired) electrons. The number of rotatable bonds is 3. The number of carbonyl (C=O) groups excluding carboxylic acids is 1. The number of ketones is 1. The molecule has 1 N–H and O–H groups in total. The summed E-state index contributed by atoms with van der Waals surface area (Å²) in [6.45, 7) is 5.08. The minimum Gasteiger partial charge on any atom is -0.480 e. The van der Waals surface area contributed by atoms with Gasteiger partial charge in [-0.2, -0.15) is 0 Å². The maximum absolute atomic E-state index is 11.3. The summed E-state index contributed by atoms with van der Waals surface area (Å²) in [7, 11) is 0. The largest absolute Gasteiger partial charge is 0.480 e. The van der Waals surface area contributed by atoms with Crippen molar-refractivity contribution in [1.82, 2.24) is 0 Å². The summed E-state index contributed by atoms with van der Waals surface area (Å²) in [4.78, 5) is 11.3. The number of hydrogen-bond acceptors (Lipinski definition) is 3. The number of allylic oxidation sites excluding steroid dienone is 2. The summed E-state index contributed by atoms with van der Waals surface area (Å²) in [5.41, 5.74) is 0.863. The van der Waals surface area contributed by atoms with Crippen molar-refractivity contribution >= 4 is 17.9 Å². The van der Waals surface area contributed by atoms with Crippen molar-refractivity contribution in [2.45, 2.75) is 20.8 Å². The van der Waals surface area contributed by atoms with Gasteiger partial charge >= 0.3 is 0 Å². The van der Waals surface area contributed by atoms with E-state index in [1.807, 2.05) is 13.8 Å². The van der Waals surface area contributed by atoms with Gasteiger partial charge in [-0.15, -0.1) is 0 Å². The van der Waals surface area contributed by atoms with Crippen LogP contribution in [0.3, 0.4) is 0 Å². The normalized spacial score (nSPS) is 11.7. The molecule has 1 heterocycles. The van der Waals surface area contributed by atoms with Crippen molar-refractivity contribution in [3.8, 4) is 5.95 Å². The minimum absolute atomic E-state index is 0.208. The molecule has 0 bridgehead atoms. The molecule has 1 rings (SSSR count). The molecule has 0 fully saturated rings. The van der Waals surface area contributed by atoms with Gasteiger partial charge in [0.25, 0.3) is 5.95 Å². The minimum atomic E-state index is -0.316. The van der Waals surface area contributed by atoms with E-state index in [9.17, 15) is 9.90 Å². The maximum Gasteiger partial charge on any atom is 0.294 e. The van der Waals surface area contributed by atoms with Crippen molar-refractivity contribution in [2.75, 3.05) is 0 Å². The molecule has 0 amide bonds. The SMILES string of the molecule is C/C=C/c1oc(O)c(C(C)=O)c1/C=C/C. The molecule has 0 atom stereocenters. The highest BCUT2D eigenvalue weighted by molar-refractivity contribution is 6.00. The Morgan fingerprint density at radius 1 is 1.27 bits per heavy atom. The highest BCUT2D eigenvalue weighted by Crippen LogP contribution is 2.30. The second-order valence-electron chi connectivity index (χ2n) is 3.12. The van der Waals surface area contributed by atoms with E-state index in [1.54, 1.807) is 24.3 Å². The van der Waals surface area contributed by atoms with Crippen molar-refractivity contribution in [3.05, 3.63) is 29.0 Å². The Labute approximate surface area is 88.7 Å². The third kappa shape index (κ3) is 2.18. The molecule has 1 aromatic heterocycles. The standard InChI is InChI=1S/C12H14O3/c1-4-6-9-10(7-5-2)15-12(14)11(9)8(3)13/h4-7,14H,1-3H3/b6-4+,7-5+. The lowest BCUT2D eigenvalue weighted by atomic mass is 10.1. The molecule has 0 saturated carbocycles. The Balaban J connectivity index is 3.43. The summed E-state index contributed by atoms with van der Waals surface area (Å²) >= 11 is 0. The van der Waals surface area contributed by atoms with E-state index < -0.39 is 0 Å². The molecule has 0 unspecified atom stereocenters. The van der Waals surface area contributed by atoms with Gasteiger partial charge in [0, 0.05) is 5.56 Å². The molecule has 0 spiro atoms. The molecule has 3 nitrogen and oxygen atoms in total. The molecule has 0 aliphatic carbocycles. The zero-order valence-corrected chi connectivity index (χ0v) is 9.07. The fraction of sp³-hybridized carbons (Fsp3) is 0.250. The first-order chi connectivity index (χ1) is 7.11. The number of hydrogen-bond donors (Lipinski definition) is 1. The van der Waals surface area contributed by atoms with Crippen LogP contribution in [0, 0.1) is 0 Å². The van der Waals surface area contributed by atoms with E-state index in [2.05, 4.69) is 0 Å². The summed E-state index contributed by atoms with van der Waals surface area (Å²) in [5, 5.41) is 9.48. The van der Waals surface area contributed by atoms with Crippen LogP contribution in [0.15, 0.2) is 16.6 Å². The monoisotopic (exact) mass is 206 g/mol. The molecular weight excluding hydrogens is 192 g/mol. The third-order valence-electron chi connectivity index (χ3n) is 1.96. The van der Waals surface area contributed by atoms with Crippen molar-refractivity contribution in [2.24, 2.45) is 0 Å². The molecular formula is C12H14O3. The van der Waals surface area contributed by atoms with Crippen LogP contribution in [0.1, 0.15) is 42.5 Å². The summed E-state index contributed by atoms with van der Waals surface area (Å²) < 4.78 is 5.10. The smallest absolute Gasteiger partial charge is 0.294 e. The van der Waals surface area contributed by atoms with Gasteiger partial charge in [0.05, 0.1) is 0 Å². The lowest BCUT2D eigenvalue weighted by molar-refractivity contribution is 0.101. The van der Waals surface area contributed by atoms with Crippen molar-refractivity contribution in [3.63, 3.8) is 0 Å². The Bertz CT molecular complexity index is 422. The third-order valence-corrected chi connectivity index (χ3v) is 1.96. The highest BCUT2D eigenvalue weighted by atomic mass is 16.5. The highest BCUT2D eigenvalue weighted by Gasteiger charge is 2.19. The second kappa shape index (κ2) is 4.64. The molecule has 0 aromatic carbocycles. The van der Waals surface area contributed by atoms with Crippen molar-refractivity contribution in [1.29, 1.82) is 0 Å². The van der Waals surface area contributed by atoms with Gasteiger partial charge in [-0.25, -0.2) is 0 Å². The van der Waals surface area contributed by atoms with E-state index in [1.165, 1.54) is 6.92 Å². The van der Waals surface area contributed by atoms with Crippen LogP contribution in [0.2, 0.25) is 0 Å². The topological polar surface area (TPSA) is 50.4 Å². The van der Waals surface area contributed by atoms with Crippen LogP contribution in [-0.4, -0.2) is 10.9 Å². The van der Waals surface area contributed by atoms with Gasteiger partial charge in [-0.1, -0.05) is 18.2 Å². The fourth-order valence-corrected chi connectivity index (χ4v) is 1.40. The van der Waals surface area contributed by atoms with E-state index in [0.29, 0.717) is 11.3 Å². The maximum atomic E-state index is 11.3. The van der Waals surface area contributed by atoms with Gasteiger partial charge in [0.2, 0.25) is 0 Å². The van der Waals surface area contributed by atoms with Gasteiger partial charge in [0.15, 0.2) is 5.78 Å². The molecule has 1 aromatic rings. The summed E-state index contributed by atoms with van der Waals surface area (Å²) in [6, 6.07) is 0. The van der Waals surface area contributed by atoms with Crippen molar-refractivity contribution < 1.29 is 14.3 Å². The Morgan fingerprint density at radius 2 is 1.87 bits per heavy atom. The molecule has 0 aliphatic rings. The number of carbonyl (C=O) groups is 1. The van der Waals surface area contributed by atoms with Crippen LogP contribution in [0.25, 0.3) is 12.2 Å². The molecule has 80 valence electrons. The predicted molar refractivity (Wildman–Crippen MR) is 59.8 cm³/mol. The Kier molecular flexibility index (Phi) is 3.50. The van der Waals surface area contributed by atoms with Crippen LogP contribution in [-0.2, 0) is 0 Å². The van der Waals surface area contributed by atoms with Gasteiger partial charge in [-0.3, -0.25) is 4.79 Å². The lowest BCUT2D eigenvalue weighted by Crippen LogP contribution is -1.92. The van der Waals surface area contributed by atoms with E-state index >= 15 is 0 Å². The second-order valence-corrected chi connectivity index (χ2v) is 3.12. The van der Waals surface area contributed by atoms with E-state index in [0.717, 1.165) is 0 Å². The van der Waals surface area contributed by atoms with Crippen LogP contribution >= 0.6 is 0 Å². The number of furan rings is 1. The first-order valence-corrected chi connectivity index (χ1v) is 4.73. The van der Waals surface area contributed by atoms with Gasteiger partial charge < -0.3 is 9.52 Å². The zero-order valence-electron chi connectivity index (χ0n) is 9.07. The molecule has 0 aliphatic heterocycles. The molecule has 3 heteroatoms. The lowest BCUT2D eigenvalue weighted by Gasteiger charge is -1.93. The average Bonchev–Trinajstić information content (AvgIpc) is 2.44. The Morgan fingerprint density at radius 3 is 2.33 bits per heavy atom. The molecule has 15 heavy (non-hydrogen) atoms. The number of Topliss-reactive ketones (excluding diaryl/α,β-unsaturated/α-hetero) is 1. The number of aromatic hydroxyl groups is 1. The summed E-state index contributed by atoms with van der Waals surface area (Å²) in [5.74, 6) is -0.0258. The predicted octanol–water partition coefficient (Wildman–Crippen LogP) is 3.25. The first kappa shape index (κ1) is 11.3. The zero-order chi connectivity index (χ0) is 11.4. The van der Waals surface area contributed by atoms with E-state index in [-0.39, 0.29) is 17.3 Å². The fourth-order valence-electron chi connectivity index (χ4n) is 1.40. The Hall–Kier alpha value is -1.77. The first-order valence-electron chi connectivity index (χ1n) is 4.73. The van der Waals surface area contributed by atoms with Gasteiger partial charge in [0.1, 0.15) is 11.3 Å². The van der Waals surface area contributed by atoms with Crippen LogP contribution in [0.5, 0.6) is 5.95 Å². The molecule has 0 saturated heterocycles. The van der Waals surface area contributed by atoms with E-state index in [4.69, 9.17) is 4.42 Å². The van der Waals surface area contributed by atoms with Crippen LogP contribution < -0.4 is 0 Å². The quantitative estimate of drug-likeness (QED) is 0.772. The van der Waals surface area contributed by atoms with Gasteiger partial charge in [-0.05, 0) is 26.8 Å².